The van der Waals surface area contributed by atoms with Crippen molar-refractivity contribution in [3.8, 4) is 0 Å². The van der Waals surface area contributed by atoms with E-state index >= 15 is 0 Å². The quantitative estimate of drug-likeness (QED) is 0.885. The van der Waals surface area contributed by atoms with Gasteiger partial charge in [-0.25, -0.2) is 0 Å². The zero-order valence-electron chi connectivity index (χ0n) is 9.31. The van der Waals surface area contributed by atoms with E-state index in [4.69, 9.17) is 0 Å². The van der Waals surface area contributed by atoms with E-state index < -0.39 is 11.7 Å². The lowest BCUT2D eigenvalue weighted by Gasteiger charge is -2.18. The molecule has 0 bridgehead atoms. The molecule has 17 heavy (non-hydrogen) atoms. The molecular formula is C12H13BrF3N. The van der Waals surface area contributed by atoms with Crippen LogP contribution >= 0.6 is 15.9 Å². The zero-order valence-corrected chi connectivity index (χ0v) is 10.9. The fraction of sp³-hybridized carbons (Fsp3) is 0.500. The maximum absolute atomic E-state index is 12.8. The van der Waals surface area contributed by atoms with Crippen molar-refractivity contribution in [2.45, 2.75) is 25.1 Å². The van der Waals surface area contributed by atoms with Crippen LogP contribution in [0.5, 0.6) is 0 Å². The molecule has 0 heterocycles. The number of halogens is 4. The van der Waals surface area contributed by atoms with E-state index in [1.807, 2.05) is 0 Å². The van der Waals surface area contributed by atoms with Gasteiger partial charge >= 0.3 is 6.18 Å². The molecule has 0 spiro atoms. The fourth-order valence-corrected chi connectivity index (χ4v) is 2.53. The van der Waals surface area contributed by atoms with Crippen LogP contribution in [0.2, 0.25) is 0 Å². The molecule has 1 saturated carbocycles. The van der Waals surface area contributed by atoms with Crippen molar-refractivity contribution in [2.75, 3.05) is 7.05 Å². The number of benzene rings is 1. The summed E-state index contributed by atoms with van der Waals surface area (Å²) in [5, 5.41) is 3.10. The number of hydrogen-bond acceptors (Lipinski definition) is 1. The summed E-state index contributed by atoms with van der Waals surface area (Å²) in [6.07, 6.45) is -2.14. The second kappa shape index (κ2) is 4.61. The topological polar surface area (TPSA) is 12.0 Å². The van der Waals surface area contributed by atoms with Gasteiger partial charge in [0.25, 0.3) is 0 Å². The summed E-state index contributed by atoms with van der Waals surface area (Å²) >= 11 is 2.95. The molecule has 2 rings (SSSR count). The molecule has 0 saturated heterocycles. The molecule has 0 amide bonds. The predicted octanol–water partition coefficient (Wildman–Crippen LogP) is 4.14. The Morgan fingerprint density at radius 2 is 2.00 bits per heavy atom. The second-order valence-electron chi connectivity index (χ2n) is 4.34. The van der Waals surface area contributed by atoms with Crippen LogP contribution in [0, 0.1) is 5.92 Å². The van der Waals surface area contributed by atoms with Crippen molar-refractivity contribution >= 4 is 15.9 Å². The molecule has 1 aliphatic carbocycles. The van der Waals surface area contributed by atoms with Crippen molar-refractivity contribution in [1.82, 2.24) is 5.32 Å². The number of alkyl halides is 3. The molecular weight excluding hydrogens is 295 g/mol. The lowest BCUT2D eigenvalue weighted by atomic mass is 10.00. The Labute approximate surface area is 107 Å². The van der Waals surface area contributed by atoms with E-state index in [1.165, 1.54) is 12.1 Å². The Kier molecular flexibility index (Phi) is 3.50. The molecule has 0 radical (unpaired) electrons. The second-order valence-corrected chi connectivity index (χ2v) is 5.20. The van der Waals surface area contributed by atoms with E-state index in [0.29, 0.717) is 11.5 Å². The Morgan fingerprint density at radius 3 is 2.47 bits per heavy atom. The van der Waals surface area contributed by atoms with E-state index in [9.17, 15) is 13.2 Å². The summed E-state index contributed by atoms with van der Waals surface area (Å²) < 4.78 is 38.4. The van der Waals surface area contributed by atoms with Crippen molar-refractivity contribution in [2.24, 2.45) is 5.92 Å². The van der Waals surface area contributed by atoms with Gasteiger partial charge in [0.15, 0.2) is 0 Å². The largest absolute Gasteiger partial charge is 0.417 e. The minimum Gasteiger partial charge on any atom is -0.313 e. The monoisotopic (exact) mass is 307 g/mol. The smallest absolute Gasteiger partial charge is 0.313 e. The van der Waals surface area contributed by atoms with Gasteiger partial charge in [-0.15, -0.1) is 0 Å². The number of hydrogen-bond donors (Lipinski definition) is 1. The Morgan fingerprint density at radius 1 is 1.35 bits per heavy atom. The third kappa shape index (κ3) is 2.83. The van der Waals surface area contributed by atoms with Crippen LogP contribution in [0.4, 0.5) is 13.2 Å². The van der Waals surface area contributed by atoms with Crippen molar-refractivity contribution in [1.29, 1.82) is 0 Å². The fourth-order valence-electron chi connectivity index (χ4n) is 2.06. The van der Waals surface area contributed by atoms with Gasteiger partial charge in [0.2, 0.25) is 0 Å². The summed E-state index contributed by atoms with van der Waals surface area (Å²) in [6, 6.07) is 4.50. The van der Waals surface area contributed by atoms with Crippen LogP contribution in [0.3, 0.4) is 0 Å². The summed E-state index contributed by atoms with van der Waals surface area (Å²) in [4.78, 5) is 0. The van der Waals surface area contributed by atoms with Gasteiger partial charge in [0.1, 0.15) is 0 Å². The summed E-state index contributed by atoms with van der Waals surface area (Å²) in [5.74, 6) is 0.474. The average Bonchev–Trinajstić information content (AvgIpc) is 3.04. The van der Waals surface area contributed by atoms with E-state index in [-0.39, 0.29) is 10.5 Å². The highest BCUT2D eigenvalue weighted by Crippen LogP contribution is 2.43. The van der Waals surface area contributed by atoms with Gasteiger partial charge in [0.05, 0.1) is 5.56 Å². The first-order chi connectivity index (χ1) is 7.93. The van der Waals surface area contributed by atoms with Crippen LogP contribution in [0.25, 0.3) is 0 Å². The van der Waals surface area contributed by atoms with Gasteiger partial charge in [-0.05, 0) is 43.5 Å². The van der Waals surface area contributed by atoms with Crippen LogP contribution in [0.15, 0.2) is 22.7 Å². The molecule has 1 fully saturated rings. The van der Waals surface area contributed by atoms with Crippen LogP contribution in [0.1, 0.15) is 30.0 Å². The lowest BCUT2D eigenvalue weighted by Crippen LogP contribution is -2.19. The van der Waals surface area contributed by atoms with E-state index in [0.717, 1.165) is 12.8 Å². The number of nitrogens with one attached hydrogen (secondary N) is 1. The van der Waals surface area contributed by atoms with Gasteiger partial charge in [-0.1, -0.05) is 22.0 Å². The van der Waals surface area contributed by atoms with Crippen molar-refractivity contribution in [3.05, 3.63) is 33.8 Å². The molecule has 0 aliphatic heterocycles. The maximum atomic E-state index is 12.8. The van der Waals surface area contributed by atoms with Gasteiger partial charge in [-0.3, -0.25) is 0 Å². The molecule has 5 heteroatoms. The Hall–Kier alpha value is -0.550. The molecule has 1 aromatic rings. The third-order valence-electron chi connectivity index (χ3n) is 3.06. The molecule has 0 aromatic heterocycles. The predicted molar refractivity (Wildman–Crippen MR) is 63.7 cm³/mol. The highest BCUT2D eigenvalue weighted by atomic mass is 79.9. The lowest BCUT2D eigenvalue weighted by molar-refractivity contribution is -0.138. The van der Waals surface area contributed by atoms with Gasteiger partial charge in [0, 0.05) is 10.5 Å². The first kappa shape index (κ1) is 12.9. The third-order valence-corrected chi connectivity index (χ3v) is 3.75. The van der Waals surface area contributed by atoms with Crippen LogP contribution < -0.4 is 5.32 Å². The average molecular weight is 308 g/mol. The summed E-state index contributed by atoms with van der Waals surface area (Å²) in [6.45, 7) is 0. The minimum absolute atomic E-state index is 0.0317. The Bertz CT molecular complexity index is 413. The minimum atomic E-state index is -4.31. The molecule has 1 nitrogen and oxygen atoms in total. The normalized spacial score (nSPS) is 18.2. The molecule has 1 aromatic carbocycles. The van der Waals surface area contributed by atoms with Crippen LogP contribution in [-0.2, 0) is 6.18 Å². The highest BCUT2D eigenvalue weighted by molar-refractivity contribution is 9.10. The molecule has 1 unspecified atom stereocenters. The van der Waals surface area contributed by atoms with Gasteiger partial charge in [-0.2, -0.15) is 13.2 Å². The molecule has 1 aliphatic rings. The molecule has 94 valence electrons. The van der Waals surface area contributed by atoms with E-state index in [1.54, 1.807) is 13.1 Å². The van der Waals surface area contributed by atoms with Crippen molar-refractivity contribution in [3.63, 3.8) is 0 Å². The SMILES string of the molecule is CNC(c1ccc(Br)c(C(F)(F)F)c1)C1CC1. The summed E-state index contributed by atoms with van der Waals surface area (Å²) in [7, 11) is 1.79. The zero-order chi connectivity index (χ0) is 12.6. The summed E-state index contributed by atoms with van der Waals surface area (Å²) in [5.41, 5.74) is 0.112. The highest BCUT2D eigenvalue weighted by Gasteiger charge is 2.36. The standard InChI is InChI=1S/C12H13BrF3N/c1-17-11(7-2-3-7)8-4-5-10(13)9(6-8)12(14,15)16/h4-7,11,17H,2-3H2,1H3. The van der Waals surface area contributed by atoms with Crippen LogP contribution in [-0.4, -0.2) is 7.05 Å². The van der Waals surface area contributed by atoms with E-state index in [2.05, 4.69) is 21.2 Å². The van der Waals surface area contributed by atoms with Gasteiger partial charge < -0.3 is 5.32 Å². The first-order valence-electron chi connectivity index (χ1n) is 5.47. The Balaban J connectivity index is 2.36. The maximum Gasteiger partial charge on any atom is 0.417 e. The molecule has 1 N–H and O–H groups in total. The van der Waals surface area contributed by atoms with Crippen molar-refractivity contribution < 1.29 is 13.2 Å². The first-order valence-corrected chi connectivity index (χ1v) is 6.26. The molecule has 1 atom stereocenters. The number of rotatable bonds is 3.